The quantitative estimate of drug-likeness (QED) is 0.662. The van der Waals surface area contributed by atoms with Gasteiger partial charge in [-0.05, 0) is 63.2 Å². The summed E-state index contributed by atoms with van der Waals surface area (Å²) >= 11 is 0. The molecule has 0 saturated carbocycles. The van der Waals surface area contributed by atoms with Crippen molar-refractivity contribution in [1.82, 2.24) is 4.90 Å². The van der Waals surface area contributed by atoms with E-state index in [0.29, 0.717) is 17.1 Å². The van der Waals surface area contributed by atoms with Gasteiger partial charge >= 0.3 is 0 Å². The summed E-state index contributed by atoms with van der Waals surface area (Å²) in [5.74, 6) is 0.327. The monoisotopic (exact) mass is 428 g/mol. The number of sulfonamides is 1. The molecule has 3 aromatic rings. The van der Waals surface area contributed by atoms with Crippen LogP contribution < -0.4 is 9.46 Å². The minimum Gasteiger partial charge on any atom is -0.496 e. The van der Waals surface area contributed by atoms with E-state index >= 15 is 0 Å². The van der Waals surface area contributed by atoms with Gasteiger partial charge in [-0.25, -0.2) is 12.8 Å². The van der Waals surface area contributed by atoms with E-state index < -0.39 is 15.8 Å². The predicted molar refractivity (Wildman–Crippen MR) is 117 cm³/mol. The molecule has 1 aliphatic rings. The Labute approximate surface area is 176 Å². The number of rotatable bonds is 5. The maximum absolute atomic E-state index is 14.2. The van der Waals surface area contributed by atoms with Crippen LogP contribution >= 0.6 is 0 Å². The first-order valence-electron chi connectivity index (χ1n) is 9.87. The average molecular weight is 429 g/mol. The summed E-state index contributed by atoms with van der Waals surface area (Å²) in [5, 5.41) is 0.644. The second kappa shape index (κ2) is 7.89. The smallest absolute Gasteiger partial charge is 0.262 e. The summed E-state index contributed by atoms with van der Waals surface area (Å²) in [4.78, 5) is 2.25. The zero-order valence-electron chi connectivity index (χ0n) is 17.3. The molecule has 5 nitrogen and oxygen atoms in total. The minimum absolute atomic E-state index is 0.0612. The maximum Gasteiger partial charge on any atom is 0.262 e. The Kier molecular flexibility index (Phi) is 5.42. The highest BCUT2D eigenvalue weighted by atomic mass is 32.2. The van der Waals surface area contributed by atoms with Crippen LogP contribution in [-0.4, -0.2) is 40.6 Å². The van der Waals surface area contributed by atoms with E-state index in [4.69, 9.17) is 4.74 Å². The van der Waals surface area contributed by atoms with Crippen molar-refractivity contribution in [2.45, 2.75) is 30.2 Å². The Morgan fingerprint density at radius 1 is 1.03 bits per heavy atom. The van der Waals surface area contributed by atoms with Crippen LogP contribution in [0, 0.1) is 5.82 Å². The zero-order valence-corrected chi connectivity index (χ0v) is 18.1. The SMILES string of the molecule is COc1ccc(NS(=O)(=O)c2ccc(F)c3ccccc23)c2c1C[C@@H](N(C)C)CC2. The molecule has 1 atom stereocenters. The van der Waals surface area contributed by atoms with E-state index in [1.165, 1.54) is 12.1 Å². The number of likely N-dealkylation sites (N-methyl/N-ethyl adjacent to an activating group) is 1. The van der Waals surface area contributed by atoms with E-state index in [1.54, 1.807) is 43.5 Å². The third kappa shape index (κ3) is 3.63. The van der Waals surface area contributed by atoms with E-state index in [9.17, 15) is 12.8 Å². The standard InChI is InChI=1S/C23H25FN2O3S/c1-26(2)15-8-9-17-19(14-15)22(29-3)12-11-21(17)25-30(27,28)23-13-10-20(24)16-6-4-5-7-18(16)23/h4-7,10-13,15,25H,8-9,14H2,1-3H3/t15-/m0/s1. The van der Waals surface area contributed by atoms with Crippen LogP contribution in [0.15, 0.2) is 53.4 Å². The molecule has 0 aromatic heterocycles. The Hall–Kier alpha value is -2.64. The molecule has 0 bridgehead atoms. The van der Waals surface area contributed by atoms with Gasteiger partial charge in [-0.15, -0.1) is 0 Å². The molecular formula is C23H25FN2O3S. The number of hydrogen-bond donors (Lipinski definition) is 1. The number of ether oxygens (including phenoxy) is 1. The number of methoxy groups -OCH3 is 1. The summed E-state index contributed by atoms with van der Waals surface area (Å²) < 4.78 is 49.0. The Morgan fingerprint density at radius 3 is 2.47 bits per heavy atom. The van der Waals surface area contributed by atoms with Crippen LogP contribution in [0.2, 0.25) is 0 Å². The van der Waals surface area contributed by atoms with Crippen LogP contribution in [0.5, 0.6) is 5.75 Å². The summed E-state index contributed by atoms with van der Waals surface area (Å²) in [7, 11) is 1.82. The van der Waals surface area contributed by atoms with Crippen molar-refractivity contribution in [3.8, 4) is 5.75 Å². The Morgan fingerprint density at radius 2 is 1.77 bits per heavy atom. The molecule has 30 heavy (non-hydrogen) atoms. The van der Waals surface area contributed by atoms with E-state index in [1.807, 2.05) is 14.1 Å². The summed E-state index contributed by atoms with van der Waals surface area (Å²) in [6, 6.07) is 13.0. The zero-order chi connectivity index (χ0) is 21.5. The van der Waals surface area contributed by atoms with Crippen molar-refractivity contribution < 1.29 is 17.5 Å². The predicted octanol–water partition coefficient (Wildman–Crippen LogP) is 4.21. The lowest BCUT2D eigenvalue weighted by atomic mass is 9.86. The minimum atomic E-state index is -3.91. The Bertz CT molecular complexity index is 1210. The molecule has 0 heterocycles. The number of hydrogen-bond acceptors (Lipinski definition) is 4. The molecule has 0 saturated heterocycles. The van der Waals surface area contributed by atoms with Crippen LogP contribution in [0.1, 0.15) is 17.5 Å². The van der Waals surface area contributed by atoms with Gasteiger partial charge in [-0.2, -0.15) is 0 Å². The number of anilines is 1. The number of fused-ring (bicyclic) bond motifs is 2. The molecule has 0 fully saturated rings. The van der Waals surface area contributed by atoms with Gasteiger partial charge in [-0.1, -0.05) is 24.3 Å². The van der Waals surface area contributed by atoms with Crippen molar-refractivity contribution in [2.75, 3.05) is 25.9 Å². The van der Waals surface area contributed by atoms with Gasteiger partial charge in [0.1, 0.15) is 11.6 Å². The lowest BCUT2D eigenvalue weighted by Crippen LogP contribution is -2.34. The van der Waals surface area contributed by atoms with E-state index in [0.717, 1.165) is 36.1 Å². The van der Waals surface area contributed by atoms with Crippen molar-refractivity contribution in [1.29, 1.82) is 0 Å². The third-order valence-corrected chi connectivity index (χ3v) is 7.29. The maximum atomic E-state index is 14.2. The molecule has 0 unspecified atom stereocenters. The highest BCUT2D eigenvalue weighted by molar-refractivity contribution is 7.93. The second-order valence-corrected chi connectivity index (χ2v) is 9.48. The molecule has 4 rings (SSSR count). The van der Waals surface area contributed by atoms with Gasteiger partial charge in [0, 0.05) is 22.4 Å². The highest BCUT2D eigenvalue weighted by Crippen LogP contribution is 2.37. The van der Waals surface area contributed by atoms with Gasteiger partial charge in [0.25, 0.3) is 10.0 Å². The van der Waals surface area contributed by atoms with Crippen LogP contribution in [0.3, 0.4) is 0 Å². The Balaban J connectivity index is 1.77. The first-order chi connectivity index (χ1) is 14.3. The third-order valence-electron chi connectivity index (χ3n) is 5.87. The van der Waals surface area contributed by atoms with Gasteiger partial charge in [-0.3, -0.25) is 4.72 Å². The highest BCUT2D eigenvalue weighted by Gasteiger charge is 2.27. The average Bonchev–Trinajstić information content (AvgIpc) is 2.73. The fourth-order valence-corrected chi connectivity index (χ4v) is 5.53. The van der Waals surface area contributed by atoms with Crippen molar-refractivity contribution in [2.24, 2.45) is 0 Å². The van der Waals surface area contributed by atoms with Crippen molar-refractivity contribution >= 4 is 26.5 Å². The molecule has 1 N–H and O–H groups in total. The second-order valence-electron chi connectivity index (χ2n) is 7.83. The largest absolute Gasteiger partial charge is 0.496 e. The topological polar surface area (TPSA) is 58.6 Å². The summed E-state index contributed by atoms with van der Waals surface area (Å²) in [5.41, 5.74) is 2.55. The van der Waals surface area contributed by atoms with Crippen LogP contribution in [0.25, 0.3) is 10.8 Å². The fraction of sp³-hybridized carbons (Fsp3) is 0.304. The lowest BCUT2D eigenvalue weighted by Gasteiger charge is -2.32. The lowest BCUT2D eigenvalue weighted by molar-refractivity contribution is 0.265. The summed E-state index contributed by atoms with van der Waals surface area (Å²) in [6.45, 7) is 0. The summed E-state index contributed by atoms with van der Waals surface area (Å²) in [6.07, 6.45) is 2.47. The van der Waals surface area contributed by atoms with Crippen LogP contribution in [0.4, 0.5) is 10.1 Å². The van der Waals surface area contributed by atoms with Crippen molar-refractivity contribution in [3.05, 3.63) is 65.5 Å². The van der Waals surface area contributed by atoms with E-state index in [-0.39, 0.29) is 10.3 Å². The number of nitrogens with one attached hydrogen (secondary N) is 1. The van der Waals surface area contributed by atoms with Gasteiger partial charge in [0.15, 0.2) is 0 Å². The van der Waals surface area contributed by atoms with Gasteiger partial charge in [0.2, 0.25) is 0 Å². The molecule has 0 spiro atoms. The molecule has 3 aromatic carbocycles. The first-order valence-corrected chi connectivity index (χ1v) is 11.4. The normalized spacial score (nSPS) is 16.5. The fourth-order valence-electron chi connectivity index (χ4n) is 4.23. The van der Waals surface area contributed by atoms with Gasteiger partial charge in [0.05, 0.1) is 17.7 Å². The molecular weight excluding hydrogens is 403 g/mol. The number of nitrogens with zero attached hydrogens (tertiary/aromatic N) is 1. The van der Waals surface area contributed by atoms with Crippen molar-refractivity contribution in [3.63, 3.8) is 0 Å². The first kappa shape index (κ1) is 20.6. The molecule has 0 aliphatic heterocycles. The molecule has 158 valence electrons. The van der Waals surface area contributed by atoms with E-state index in [2.05, 4.69) is 9.62 Å². The van der Waals surface area contributed by atoms with Gasteiger partial charge < -0.3 is 9.64 Å². The molecule has 1 aliphatic carbocycles. The molecule has 0 radical (unpaired) electrons. The number of halogens is 1. The van der Waals surface area contributed by atoms with Crippen LogP contribution in [-0.2, 0) is 22.9 Å². The molecule has 0 amide bonds. The molecule has 7 heteroatoms. The number of benzene rings is 3.